The average Bonchev–Trinajstić information content (AvgIpc) is 2.67. The monoisotopic (exact) mass is 474 g/mol. The number of rotatable bonds is 15. The molecule has 15 heteroatoms. The number of hydrogen-bond acceptors (Lipinski definition) is 8. The molecule has 0 spiro atoms. The molecule has 0 rings (SSSR count). The fourth-order valence-corrected chi connectivity index (χ4v) is 2.46. The van der Waals surface area contributed by atoms with Crippen molar-refractivity contribution in [1.82, 2.24) is 16.0 Å². The molecule has 0 aliphatic heterocycles. The highest BCUT2D eigenvalue weighted by Gasteiger charge is 2.32. The first kappa shape index (κ1) is 29.2. The molecule has 0 aliphatic rings. The minimum Gasteiger partial charge on any atom is -0.481 e. The maximum Gasteiger partial charge on any atom is 0.326 e. The van der Waals surface area contributed by atoms with E-state index in [0.717, 1.165) is 0 Å². The van der Waals surface area contributed by atoms with Gasteiger partial charge >= 0.3 is 11.9 Å². The Morgan fingerprint density at radius 2 is 1.21 bits per heavy atom. The Hall–Kier alpha value is -3.75. The Kier molecular flexibility index (Phi) is 12.1. The topological polar surface area (TPSA) is 274 Å². The van der Waals surface area contributed by atoms with Crippen LogP contribution in [0.15, 0.2) is 0 Å². The van der Waals surface area contributed by atoms with Gasteiger partial charge in [-0.1, -0.05) is 13.8 Å². The van der Waals surface area contributed by atoms with Crippen molar-refractivity contribution in [1.29, 1.82) is 0 Å². The number of carbonyl (C=O) groups is 7. The molecule has 0 heterocycles. The van der Waals surface area contributed by atoms with Crippen molar-refractivity contribution in [2.45, 2.75) is 63.7 Å². The summed E-state index contributed by atoms with van der Waals surface area (Å²) in [6.07, 6.45) is -2.39. The number of carboxylic acid groups (broad SMARTS) is 2. The van der Waals surface area contributed by atoms with Crippen molar-refractivity contribution >= 4 is 41.5 Å². The highest BCUT2D eigenvalue weighted by molar-refractivity contribution is 5.96. The molecule has 0 aromatic rings. The number of primary amides is 2. The van der Waals surface area contributed by atoms with E-state index in [4.69, 9.17) is 27.4 Å². The Balaban J connectivity index is 5.63. The van der Waals surface area contributed by atoms with Crippen molar-refractivity contribution in [2.24, 2.45) is 23.1 Å². The van der Waals surface area contributed by atoms with Gasteiger partial charge in [-0.05, 0) is 12.3 Å². The van der Waals surface area contributed by atoms with E-state index in [1.54, 1.807) is 13.8 Å². The van der Waals surface area contributed by atoms with Crippen molar-refractivity contribution in [3.8, 4) is 0 Å². The lowest BCUT2D eigenvalue weighted by molar-refractivity contribution is -0.144. The van der Waals surface area contributed by atoms with Crippen molar-refractivity contribution in [3.05, 3.63) is 0 Å². The quantitative estimate of drug-likeness (QED) is 0.114. The van der Waals surface area contributed by atoms with Crippen LogP contribution in [0.2, 0.25) is 0 Å². The largest absolute Gasteiger partial charge is 0.481 e. The minimum absolute atomic E-state index is 0.328. The fourth-order valence-electron chi connectivity index (χ4n) is 2.46. The van der Waals surface area contributed by atoms with Crippen LogP contribution >= 0.6 is 0 Å². The molecule has 5 amide bonds. The van der Waals surface area contributed by atoms with Crippen LogP contribution in [0.1, 0.15) is 39.5 Å². The summed E-state index contributed by atoms with van der Waals surface area (Å²) in [5.74, 6) is -8.23. The number of carbonyl (C=O) groups excluding carboxylic acids is 5. The van der Waals surface area contributed by atoms with Gasteiger partial charge < -0.3 is 43.4 Å². The summed E-state index contributed by atoms with van der Waals surface area (Å²) in [6, 6.07) is -5.95. The summed E-state index contributed by atoms with van der Waals surface area (Å²) in [7, 11) is 0. The smallest absolute Gasteiger partial charge is 0.326 e. The van der Waals surface area contributed by atoms with Gasteiger partial charge in [-0.2, -0.15) is 0 Å². The summed E-state index contributed by atoms with van der Waals surface area (Å²) in [6.45, 7) is 3.26. The second kappa shape index (κ2) is 13.6. The third-order valence-electron chi connectivity index (χ3n) is 4.36. The summed E-state index contributed by atoms with van der Waals surface area (Å²) < 4.78 is 0. The molecule has 4 atom stereocenters. The SMILES string of the molecule is CC(C)C(N)C(=O)NC(CC(=O)O)C(=O)NC(CCC(N)=O)C(=O)NC(CC(N)=O)C(=O)O. The van der Waals surface area contributed by atoms with Gasteiger partial charge in [0.1, 0.15) is 18.1 Å². The number of amides is 5. The third-order valence-corrected chi connectivity index (χ3v) is 4.36. The van der Waals surface area contributed by atoms with Crippen LogP contribution in [0.25, 0.3) is 0 Å². The Morgan fingerprint density at radius 3 is 1.64 bits per heavy atom. The van der Waals surface area contributed by atoms with Gasteiger partial charge in [0.25, 0.3) is 0 Å². The molecule has 4 unspecified atom stereocenters. The van der Waals surface area contributed by atoms with Crippen LogP contribution in [-0.4, -0.2) is 75.9 Å². The van der Waals surface area contributed by atoms with Crippen LogP contribution in [0.5, 0.6) is 0 Å². The zero-order chi connectivity index (χ0) is 25.9. The molecule has 0 aliphatic carbocycles. The molecule has 0 bridgehead atoms. The van der Waals surface area contributed by atoms with Gasteiger partial charge in [0.15, 0.2) is 0 Å². The van der Waals surface area contributed by atoms with Gasteiger partial charge in [-0.3, -0.25) is 28.8 Å². The standard InChI is InChI=1S/C18H30N6O9/c1-7(2)14(21)17(31)23-9(6-13(27)28)16(30)22-8(3-4-11(19)25)15(29)24-10(18(32)33)5-12(20)26/h7-10,14H,3-6,21H2,1-2H3,(H2,19,25)(H2,20,26)(H,22,30)(H,23,31)(H,24,29)(H,27,28)(H,32,33). The van der Waals surface area contributed by atoms with E-state index in [1.807, 2.05) is 5.32 Å². The maximum atomic E-state index is 12.6. The van der Waals surface area contributed by atoms with E-state index < -0.39 is 84.9 Å². The molecule has 0 saturated carbocycles. The zero-order valence-electron chi connectivity index (χ0n) is 18.2. The van der Waals surface area contributed by atoms with Crippen LogP contribution in [0, 0.1) is 5.92 Å². The second-order valence-corrected chi connectivity index (χ2v) is 7.56. The average molecular weight is 474 g/mol. The Bertz CT molecular complexity index is 785. The molecule has 0 aromatic heterocycles. The zero-order valence-corrected chi connectivity index (χ0v) is 18.2. The second-order valence-electron chi connectivity index (χ2n) is 7.56. The molecule has 11 N–H and O–H groups in total. The van der Waals surface area contributed by atoms with Crippen LogP contribution < -0.4 is 33.2 Å². The van der Waals surface area contributed by atoms with Gasteiger partial charge in [-0.25, -0.2) is 4.79 Å². The van der Waals surface area contributed by atoms with Gasteiger partial charge in [0.05, 0.1) is 18.9 Å². The lowest BCUT2D eigenvalue weighted by Gasteiger charge is -2.25. The first-order chi connectivity index (χ1) is 15.1. The van der Waals surface area contributed by atoms with Crippen molar-refractivity contribution < 1.29 is 43.8 Å². The van der Waals surface area contributed by atoms with E-state index in [1.165, 1.54) is 0 Å². The van der Waals surface area contributed by atoms with Crippen LogP contribution in [0.3, 0.4) is 0 Å². The Morgan fingerprint density at radius 1 is 0.727 bits per heavy atom. The maximum absolute atomic E-state index is 12.6. The molecular weight excluding hydrogens is 444 g/mol. The lowest BCUT2D eigenvalue weighted by Crippen LogP contribution is -2.58. The molecule has 0 fully saturated rings. The molecule has 186 valence electrons. The van der Waals surface area contributed by atoms with Gasteiger partial charge in [-0.15, -0.1) is 0 Å². The summed E-state index contributed by atoms with van der Waals surface area (Å²) in [5.41, 5.74) is 15.7. The normalized spacial score (nSPS) is 14.3. The fraction of sp³-hybridized carbons (Fsp3) is 0.611. The molecule has 0 radical (unpaired) electrons. The van der Waals surface area contributed by atoms with Gasteiger partial charge in [0, 0.05) is 6.42 Å². The molecule has 15 nitrogen and oxygen atoms in total. The van der Waals surface area contributed by atoms with Crippen molar-refractivity contribution in [3.63, 3.8) is 0 Å². The molecular formula is C18H30N6O9. The van der Waals surface area contributed by atoms with E-state index in [0.29, 0.717) is 0 Å². The predicted octanol–water partition coefficient (Wildman–Crippen LogP) is -3.88. The first-order valence-corrected chi connectivity index (χ1v) is 9.83. The number of aliphatic carboxylic acids is 2. The highest BCUT2D eigenvalue weighted by Crippen LogP contribution is 2.04. The molecule has 0 aromatic carbocycles. The van der Waals surface area contributed by atoms with Crippen LogP contribution in [0.4, 0.5) is 0 Å². The van der Waals surface area contributed by atoms with Crippen molar-refractivity contribution in [2.75, 3.05) is 0 Å². The summed E-state index contributed by atoms with van der Waals surface area (Å²) >= 11 is 0. The molecule has 33 heavy (non-hydrogen) atoms. The lowest BCUT2D eigenvalue weighted by atomic mass is 10.0. The van der Waals surface area contributed by atoms with E-state index in [2.05, 4.69) is 10.6 Å². The number of nitrogens with two attached hydrogens (primary N) is 3. The molecule has 0 saturated heterocycles. The first-order valence-electron chi connectivity index (χ1n) is 9.83. The van der Waals surface area contributed by atoms with Crippen LogP contribution in [-0.2, 0) is 33.6 Å². The Labute approximate surface area is 188 Å². The number of nitrogens with one attached hydrogen (secondary N) is 3. The third kappa shape index (κ3) is 11.4. The van der Waals surface area contributed by atoms with E-state index in [9.17, 15) is 33.6 Å². The minimum atomic E-state index is -1.72. The summed E-state index contributed by atoms with van der Waals surface area (Å²) in [4.78, 5) is 81.9. The number of carboxylic acids is 2. The van der Waals surface area contributed by atoms with Gasteiger partial charge in [0.2, 0.25) is 29.5 Å². The number of hydrogen-bond donors (Lipinski definition) is 8. The predicted molar refractivity (Wildman–Crippen MR) is 111 cm³/mol. The van der Waals surface area contributed by atoms with E-state index >= 15 is 0 Å². The summed E-state index contributed by atoms with van der Waals surface area (Å²) in [5, 5.41) is 24.5. The van der Waals surface area contributed by atoms with E-state index in [-0.39, 0.29) is 12.3 Å². The highest BCUT2D eigenvalue weighted by atomic mass is 16.4.